The lowest BCUT2D eigenvalue weighted by molar-refractivity contribution is 0.0720. The van der Waals surface area contributed by atoms with Crippen molar-refractivity contribution in [2.24, 2.45) is 29.6 Å². The van der Waals surface area contributed by atoms with E-state index < -0.39 is 0 Å². The first-order chi connectivity index (χ1) is 10.0. The molecule has 2 heteroatoms. The van der Waals surface area contributed by atoms with E-state index >= 15 is 0 Å². The van der Waals surface area contributed by atoms with Crippen LogP contribution in [0.3, 0.4) is 0 Å². The van der Waals surface area contributed by atoms with Crippen molar-refractivity contribution < 1.29 is 0 Å². The summed E-state index contributed by atoms with van der Waals surface area (Å²) >= 11 is 0. The van der Waals surface area contributed by atoms with Crippen molar-refractivity contribution in [1.82, 2.24) is 10.2 Å². The summed E-state index contributed by atoms with van der Waals surface area (Å²) in [6.45, 7) is 13.4. The summed E-state index contributed by atoms with van der Waals surface area (Å²) in [7, 11) is 0. The third-order valence-corrected chi connectivity index (χ3v) is 6.47. The first-order valence-electron chi connectivity index (χ1n) is 9.50. The fourth-order valence-corrected chi connectivity index (χ4v) is 5.23. The van der Waals surface area contributed by atoms with Crippen LogP contribution < -0.4 is 5.32 Å². The molecule has 1 heterocycles. The molecule has 0 radical (unpaired) electrons. The minimum absolute atomic E-state index is 0.701. The average molecular weight is 293 g/mol. The Morgan fingerprint density at radius 2 is 1.90 bits per heavy atom. The molecule has 122 valence electrons. The smallest absolute Gasteiger partial charge is 0.0223 e. The van der Waals surface area contributed by atoms with Crippen LogP contribution in [0.1, 0.15) is 59.8 Å². The molecule has 21 heavy (non-hydrogen) atoms. The Morgan fingerprint density at radius 1 is 1.10 bits per heavy atom. The van der Waals surface area contributed by atoms with Crippen LogP contribution in [-0.2, 0) is 0 Å². The molecule has 1 aliphatic heterocycles. The molecule has 3 rings (SSSR count). The number of fused-ring (bicyclic) bond motifs is 2. The number of nitrogens with zero attached hydrogens (tertiary/aromatic N) is 1. The minimum atomic E-state index is 0.701. The van der Waals surface area contributed by atoms with Gasteiger partial charge in [-0.05, 0) is 55.3 Å². The Hall–Kier alpha value is -0.0800. The van der Waals surface area contributed by atoms with Gasteiger partial charge in [-0.3, -0.25) is 4.90 Å². The van der Waals surface area contributed by atoms with Gasteiger partial charge >= 0.3 is 0 Å². The van der Waals surface area contributed by atoms with Gasteiger partial charge in [-0.2, -0.15) is 0 Å². The Kier molecular flexibility index (Phi) is 4.95. The van der Waals surface area contributed by atoms with E-state index in [9.17, 15) is 0 Å². The molecule has 0 spiro atoms. The summed E-state index contributed by atoms with van der Waals surface area (Å²) in [5.74, 6) is 4.75. The summed E-state index contributed by atoms with van der Waals surface area (Å²) in [6.07, 6.45) is 7.52. The van der Waals surface area contributed by atoms with Crippen molar-refractivity contribution in [1.29, 1.82) is 0 Å². The molecule has 2 aliphatic carbocycles. The molecule has 2 saturated carbocycles. The molecule has 3 aliphatic rings. The van der Waals surface area contributed by atoms with Crippen LogP contribution in [0.15, 0.2) is 0 Å². The number of piperazine rings is 1. The van der Waals surface area contributed by atoms with E-state index in [4.69, 9.17) is 0 Å². The monoisotopic (exact) mass is 292 g/mol. The second kappa shape index (κ2) is 6.58. The number of rotatable bonds is 5. The van der Waals surface area contributed by atoms with Gasteiger partial charge in [0.1, 0.15) is 0 Å². The van der Waals surface area contributed by atoms with Gasteiger partial charge in [0.05, 0.1) is 0 Å². The van der Waals surface area contributed by atoms with E-state index in [0.29, 0.717) is 6.04 Å². The summed E-state index contributed by atoms with van der Waals surface area (Å²) in [5.41, 5.74) is 0. The zero-order valence-corrected chi connectivity index (χ0v) is 14.6. The Labute approximate surface area is 132 Å². The molecule has 0 aromatic carbocycles. The minimum Gasteiger partial charge on any atom is -0.311 e. The standard InChI is InChI=1S/C19H36N2/c1-13(2)7-18-10-20-19(14(3)4)12-21(18)11-17-9-15-5-6-16(17)8-15/h13-20H,5-12H2,1-4H3. The third kappa shape index (κ3) is 3.64. The van der Waals surface area contributed by atoms with Gasteiger partial charge in [-0.1, -0.05) is 34.1 Å². The Morgan fingerprint density at radius 3 is 2.48 bits per heavy atom. The van der Waals surface area contributed by atoms with Crippen molar-refractivity contribution in [2.75, 3.05) is 19.6 Å². The lowest BCUT2D eigenvalue weighted by atomic mass is 9.86. The highest BCUT2D eigenvalue weighted by Crippen LogP contribution is 2.48. The SMILES string of the molecule is CC(C)CC1CNC(C(C)C)CN1CC1CC2CCC1C2. The molecular formula is C19H36N2. The van der Waals surface area contributed by atoms with Gasteiger partial charge in [0, 0.05) is 31.7 Å². The normalized spacial score (nSPS) is 40.6. The van der Waals surface area contributed by atoms with Gasteiger partial charge in [0.15, 0.2) is 0 Å². The number of hydrogen-bond donors (Lipinski definition) is 1. The summed E-state index contributed by atoms with van der Waals surface area (Å²) in [5, 5.41) is 3.82. The van der Waals surface area contributed by atoms with E-state index in [2.05, 4.69) is 37.9 Å². The molecule has 5 unspecified atom stereocenters. The van der Waals surface area contributed by atoms with E-state index in [0.717, 1.165) is 35.6 Å². The molecule has 1 N–H and O–H groups in total. The topological polar surface area (TPSA) is 15.3 Å². The maximum absolute atomic E-state index is 3.82. The molecule has 2 bridgehead atoms. The predicted octanol–water partition coefficient (Wildman–Crippen LogP) is 3.77. The van der Waals surface area contributed by atoms with E-state index in [-0.39, 0.29) is 0 Å². The molecule has 0 aromatic heterocycles. The zero-order valence-electron chi connectivity index (χ0n) is 14.6. The quantitative estimate of drug-likeness (QED) is 0.830. The third-order valence-electron chi connectivity index (χ3n) is 6.47. The molecule has 0 aromatic rings. The molecule has 1 saturated heterocycles. The largest absolute Gasteiger partial charge is 0.311 e. The molecular weight excluding hydrogens is 256 g/mol. The summed E-state index contributed by atoms with van der Waals surface area (Å²) < 4.78 is 0. The lowest BCUT2D eigenvalue weighted by Crippen LogP contribution is -2.59. The Bertz CT molecular complexity index is 338. The molecule has 0 amide bonds. The van der Waals surface area contributed by atoms with Gasteiger partial charge in [0.25, 0.3) is 0 Å². The Balaban J connectivity index is 1.61. The highest BCUT2D eigenvalue weighted by atomic mass is 15.2. The van der Waals surface area contributed by atoms with Crippen LogP contribution in [0.2, 0.25) is 0 Å². The lowest BCUT2D eigenvalue weighted by Gasteiger charge is -2.44. The average Bonchev–Trinajstić information content (AvgIpc) is 3.02. The highest BCUT2D eigenvalue weighted by Gasteiger charge is 2.41. The number of nitrogens with one attached hydrogen (secondary N) is 1. The van der Waals surface area contributed by atoms with Crippen LogP contribution >= 0.6 is 0 Å². The van der Waals surface area contributed by atoms with Crippen molar-refractivity contribution in [3.63, 3.8) is 0 Å². The van der Waals surface area contributed by atoms with E-state index in [1.165, 1.54) is 45.3 Å². The second-order valence-electron chi connectivity index (χ2n) is 8.93. The first-order valence-corrected chi connectivity index (χ1v) is 9.50. The predicted molar refractivity (Wildman–Crippen MR) is 90.4 cm³/mol. The first kappa shape index (κ1) is 15.8. The molecule has 5 atom stereocenters. The van der Waals surface area contributed by atoms with Gasteiger partial charge in [0.2, 0.25) is 0 Å². The summed E-state index contributed by atoms with van der Waals surface area (Å²) in [4.78, 5) is 2.88. The highest BCUT2D eigenvalue weighted by molar-refractivity contribution is 4.95. The fourth-order valence-electron chi connectivity index (χ4n) is 5.23. The van der Waals surface area contributed by atoms with E-state index in [1.54, 1.807) is 6.42 Å². The van der Waals surface area contributed by atoms with Crippen LogP contribution in [-0.4, -0.2) is 36.6 Å². The van der Waals surface area contributed by atoms with Crippen molar-refractivity contribution in [3.05, 3.63) is 0 Å². The van der Waals surface area contributed by atoms with Crippen LogP contribution in [0.25, 0.3) is 0 Å². The van der Waals surface area contributed by atoms with Crippen LogP contribution in [0.5, 0.6) is 0 Å². The van der Waals surface area contributed by atoms with Crippen molar-refractivity contribution in [3.8, 4) is 0 Å². The van der Waals surface area contributed by atoms with Gasteiger partial charge < -0.3 is 5.32 Å². The van der Waals surface area contributed by atoms with E-state index in [1.807, 2.05) is 0 Å². The number of hydrogen-bond acceptors (Lipinski definition) is 2. The zero-order chi connectivity index (χ0) is 15.0. The van der Waals surface area contributed by atoms with Gasteiger partial charge in [-0.15, -0.1) is 0 Å². The summed E-state index contributed by atoms with van der Waals surface area (Å²) in [6, 6.07) is 1.48. The van der Waals surface area contributed by atoms with Crippen molar-refractivity contribution in [2.45, 2.75) is 71.9 Å². The second-order valence-corrected chi connectivity index (χ2v) is 8.93. The van der Waals surface area contributed by atoms with Crippen LogP contribution in [0.4, 0.5) is 0 Å². The molecule has 2 nitrogen and oxygen atoms in total. The van der Waals surface area contributed by atoms with Crippen molar-refractivity contribution >= 4 is 0 Å². The molecule has 3 fully saturated rings. The fraction of sp³-hybridized carbons (Fsp3) is 1.00. The van der Waals surface area contributed by atoms with Gasteiger partial charge in [-0.25, -0.2) is 0 Å². The van der Waals surface area contributed by atoms with Crippen LogP contribution in [0, 0.1) is 29.6 Å². The maximum Gasteiger partial charge on any atom is 0.0223 e. The maximum atomic E-state index is 3.82.